The summed E-state index contributed by atoms with van der Waals surface area (Å²) in [4.78, 5) is 21.8. The molecule has 0 aliphatic rings. The van der Waals surface area contributed by atoms with Crippen LogP contribution in [-0.4, -0.2) is 40.1 Å². The largest absolute Gasteiger partial charge is 0.338 e. The second kappa shape index (κ2) is 5.70. The predicted octanol–water partition coefficient (Wildman–Crippen LogP) is 1.68. The first-order valence-electron chi connectivity index (χ1n) is 4.89. The zero-order chi connectivity index (χ0) is 11.3. The number of carbonyl (C=O) groups is 1. The van der Waals surface area contributed by atoms with Crippen LogP contribution in [0.15, 0.2) is 17.4 Å². The van der Waals surface area contributed by atoms with Crippen molar-refractivity contribution in [2.75, 3.05) is 19.3 Å². The molecule has 1 amide bonds. The minimum absolute atomic E-state index is 0.0299. The first kappa shape index (κ1) is 12.0. The highest BCUT2D eigenvalue weighted by Crippen LogP contribution is 2.09. The van der Waals surface area contributed by atoms with Gasteiger partial charge in [0.1, 0.15) is 5.69 Å². The van der Waals surface area contributed by atoms with Crippen LogP contribution in [-0.2, 0) is 0 Å². The van der Waals surface area contributed by atoms with Crippen LogP contribution in [0, 0.1) is 0 Å². The third-order valence-electron chi connectivity index (χ3n) is 2.09. The Bertz CT molecular complexity index is 339. The van der Waals surface area contributed by atoms with Crippen molar-refractivity contribution in [2.24, 2.45) is 0 Å². The van der Waals surface area contributed by atoms with Gasteiger partial charge in [0.2, 0.25) is 0 Å². The van der Waals surface area contributed by atoms with E-state index in [1.165, 1.54) is 11.8 Å². The van der Waals surface area contributed by atoms with Crippen molar-refractivity contribution in [3.63, 3.8) is 0 Å². The van der Waals surface area contributed by atoms with E-state index in [1.54, 1.807) is 17.2 Å². The Morgan fingerprint density at radius 2 is 2.13 bits per heavy atom. The zero-order valence-electron chi connectivity index (χ0n) is 9.23. The molecule has 0 bridgehead atoms. The highest BCUT2D eigenvalue weighted by atomic mass is 32.2. The van der Waals surface area contributed by atoms with Gasteiger partial charge in [-0.2, -0.15) is 0 Å². The van der Waals surface area contributed by atoms with E-state index in [-0.39, 0.29) is 5.91 Å². The molecule has 0 aromatic carbocycles. The predicted molar refractivity (Wildman–Crippen MR) is 61.1 cm³/mol. The molecule has 0 unspecified atom stereocenters. The summed E-state index contributed by atoms with van der Waals surface area (Å²) in [7, 11) is 0. The molecule has 1 rings (SSSR count). The fourth-order valence-electron chi connectivity index (χ4n) is 1.23. The SMILES string of the molecule is CCN(CC)C(=O)c1ccnc(SC)n1. The minimum Gasteiger partial charge on any atom is -0.338 e. The molecular formula is C10H15N3OS. The van der Waals surface area contributed by atoms with Gasteiger partial charge in [0, 0.05) is 19.3 Å². The molecule has 82 valence electrons. The molecule has 0 fully saturated rings. The van der Waals surface area contributed by atoms with E-state index in [1.807, 2.05) is 20.1 Å². The maximum atomic E-state index is 11.9. The molecule has 0 spiro atoms. The lowest BCUT2D eigenvalue weighted by molar-refractivity contribution is 0.0766. The third-order valence-corrected chi connectivity index (χ3v) is 2.65. The molecule has 1 aromatic heterocycles. The van der Waals surface area contributed by atoms with Crippen LogP contribution in [0.4, 0.5) is 0 Å². The Morgan fingerprint density at radius 1 is 1.47 bits per heavy atom. The molecule has 15 heavy (non-hydrogen) atoms. The highest BCUT2D eigenvalue weighted by molar-refractivity contribution is 7.98. The highest BCUT2D eigenvalue weighted by Gasteiger charge is 2.14. The van der Waals surface area contributed by atoms with E-state index < -0.39 is 0 Å². The Hall–Kier alpha value is -1.10. The number of nitrogens with zero attached hydrogens (tertiary/aromatic N) is 3. The molecule has 1 aromatic rings. The molecule has 0 aliphatic heterocycles. The molecule has 0 saturated carbocycles. The monoisotopic (exact) mass is 225 g/mol. The zero-order valence-corrected chi connectivity index (χ0v) is 10.0. The normalized spacial score (nSPS) is 10.1. The first-order chi connectivity index (χ1) is 7.22. The van der Waals surface area contributed by atoms with Crippen molar-refractivity contribution in [2.45, 2.75) is 19.0 Å². The second-order valence-corrected chi connectivity index (χ2v) is 3.68. The summed E-state index contributed by atoms with van der Waals surface area (Å²) in [6, 6.07) is 1.65. The van der Waals surface area contributed by atoms with Crippen molar-refractivity contribution in [3.05, 3.63) is 18.0 Å². The molecule has 0 N–H and O–H groups in total. The van der Waals surface area contributed by atoms with Crippen LogP contribution in [0.2, 0.25) is 0 Å². The molecule has 4 nitrogen and oxygen atoms in total. The quantitative estimate of drug-likeness (QED) is 0.578. The Labute approximate surface area is 94.1 Å². The maximum Gasteiger partial charge on any atom is 0.272 e. The molecular weight excluding hydrogens is 210 g/mol. The summed E-state index contributed by atoms with van der Waals surface area (Å²) in [5.74, 6) is -0.0299. The number of rotatable bonds is 4. The number of amides is 1. The summed E-state index contributed by atoms with van der Waals surface area (Å²) in [6.45, 7) is 5.32. The molecule has 0 aliphatic carbocycles. The summed E-state index contributed by atoms with van der Waals surface area (Å²) < 4.78 is 0. The van der Waals surface area contributed by atoms with Crippen LogP contribution in [0.5, 0.6) is 0 Å². The lowest BCUT2D eigenvalue weighted by Gasteiger charge is -2.17. The van der Waals surface area contributed by atoms with Gasteiger partial charge in [0.05, 0.1) is 0 Å². The average molecular weight is 225 g/mol. The van der Waals surface area contributed by atoms with Crippen LogP contribution in [0.1, 0.15) is 24.3 Å². The van der Waals surface area contributed by atoms with E-state index in [9.17, 15) is 4.79 Å². The molecule has 0 atom stereocenters. The van der Waals surface area contributed by atoms with Gasteiger partial charge < -0.3 is 4.90 Å². The van der Waals surface area contributed by atoms with Gasteiger partial charge in [-0.15, -0.1) is 0 Å². The van der Waals surface area contributed by atoms with E-state index >= 15 is 0 Å². The van der Waals surface area contributed by atoms with Gasteiger partial charge in [0.25, 0.3) is 5.91 Å². The van der Waals surface area contributed by atoms with Crippen LogP contribution in [0.25, 0.3) is 0 Å². The third kappa shape index (κ3) is 2.92. The second-order valence-electron chi connectivity index (χ2n) is 2.91. The van der Waals surface area contributed by atoms with Crippen molar-refractivity contribution in [3.8, 4) is 0 Å². The van der Waals surface area contributed by atoms with Crippen molar-refractivity contribution >= 4 is 17.7 Å². The van der Waals surface area contributed by atoms with E-state index in [4.69, 9.17) is 0 Å². The Balaban J connectivity index is 2.90. The van der Waals surface area contributed by atoms with Gasteiger partial charge in [-0.3, -0.25) is 4.79 Å². The van der Waals surface area contributed by atoms with Crippen molar-refractivity contribution in [1.29, 1.82) is 0 Å². The summed E-state index contributed by atoms with van der Waals surface area (Å²) in [5.41, 5.74) is 0.470. The fraction of sp³-hybridized carbons (Fsp3) is 0.500. The lowest BCUT2D eigenvalue weighted by Crippen LogP contribution is -2.31. The summed E-state index contributed by atoms with van der Waals surface area (Å²) in [6.07, 6.45) is 3.51. The van der Waals surface area contributed by atoms with Gasteiger partial charge in [-0.05, 0) is 26.2 Å². The average Bonchev–Trinajstić information content (AvgIpc) is 2.30. The summed E-state index contributed by atoms with van der Waals surface area (Å²) >= 11 is 1.43. The smallest absolute Gasteiger partial charge is 0.272 e. The van der Waals surface area contributed by atoms with E-state index in [0.29, 0.717) is 23.9 Å². The molecule has 0 radical (unpaired) electrons. The molecule has 5 heteroatoms. The van der Waals surface area contributed by atoms with Gasteiger partial charge in [0.15, 0.2) is 5.16 Å². The number of thioether (sulfide) groups is 1. The fourth-order valence-corrected chi connectivity index (χ4v) is 1.59. The first-order valence-corrected chi connectivity index (χ1v) is 6.11. The standard InChI is InChI=1S/C10H15N3OS/c1-4-13(5-2)9(14)8-6-7-11-10(12-8)15-3/h6-7H,4-5H2,1-3H3. The number of hydrogen-bond acceptors (Lipinski definition) is 4. The van der Waals surface area contributed by atoms with Gasteiger partial charge in [-0.25, -0.2) is 9.97 Å². The Morgan fingerprint density at radius 3 is 2.67 bits per heavy atom. The molecule has 1 heterocycles. The lowest BCUT2D eigenvalue weighted by atomic mass is 10.3. The van der Waals surface area contributed by atoms with Crippen LogP contribution >= 0.6 is 11.8 Å². The maximum absolute atomic E-state index is 11.9. The number of hydrogen-bond donors (Lipinski definition) is 0. The van der Waals surface area contributed by atoms with Crippen LogP contribution < -0.4 is 0 Å². The number of aromatic nitrogens is 2. The molecule has 0 saturated heterocycles. The van der Waals surface area contributed by atoms with E-state index in [0.717, 1.165) is 0 Å². The van der Waals surface area contributed by atoms with Crippen molar-refractivity contribution < 1.29 is 4.79 Å². The minimum atomic E-state index is -0.0299. The van der Waals surface area contributed by atoms with Crippen LogP contribution in [0.3, 0.4) is 0 Å². The topological polar surface area (TPSA) is 46.1 Å². The van der Waals surface area contributed by atoms with Gasteiger partial charge in [-0.1, -0.05) is 11.8 Å². The van der Waals surface area contributed by atoms with Crippen molar-refractivity contribution in [1.82, 2.24) is 14.9 Å². The Kier molecular flexibility index (Phi) is 4.55. The van der Waals surface area contributed by atoms with E-state index in [2.05, 4.69) is 9.97 Å². The summed E-state index contributed by atoms with van der Waals surface area (Å²) in [5, 5.41) is 0.632. The van der Waals surface area contributed by atoms with Gasteiger partial charge >= 0.3 is 0 Å². The number of carbonyl (C=O) groups excluding carboxylic acids is 1.